The molecule has 300 valence electrons. The molecule has 0 aliphatic heterocycles. The van der Waals surface area contributed by atoms with Crippen molar-refractivity contribution in [3.8, 4) is 0 Å². The van der Waals surface area contributed by atoms with Crippen LogP contribution in [0.1, 0.15) is 155 Å². The van der Waals surface area contributed by atoms with Crippen molar-refractivity contribution < 1.29 is 47.5 Å². The maximum atomic E-state index is 12.5. The summed E-state index contributed by atoms with van der Waals surface area (Å²) in [5, 5.41) is 8.85. The second kappa shape index (κ2) is 35.5. The maximum Gasteiger partial charge on any atom is 0.472 e. The zero-order valence-corrected chi connectivity index (χ0v) is 33.0. The third-order valence-corrected chi connectivity index (χ3v) is 9.03. The van der Waals surface area contributed by atoms with Gasteiger partial charge in [-0.25, -0.2) is 4.57 Å². The van der Waals surface area contributed by atoms with Crippen LogP contribution in [0.5, 0.6) is 0 Å². The van der Waals surface area contributed by atoms with Gasteiger partial charge in [-0.1, -0.05) is 133 Å². The second-order valence-corrected chi connectivity index (χ2v) is 14.5. The summed E-state index contributed by atoms with van der Waals surface area (Å²) in [6.07, 6.45) is 37.6. The van der Waals surface area contributed by atoms with Gasteiger partial charge in [0.25, 0.3) is 0 Å². The number of phosphoric ester groups is 1. The Morgan fingerprint density at radius 3 is 1.56 bits per heavy atom. The molecule has 3 atom stereocenters. The Kier molecular flexibility index (Phi) is 33.7. The molecule has 0 saturated heterocycles. The fourth-order valence-corrected chi connectivity index (χ4v) is 5.71. The number of rotatable bonds is 36. The van der Waals surface area contributed by atoms with E-state index >= 15 is 0 Å². The van der Waals surface area contributed by atoms with Crippen LogP contribution in [0.2, 0.25) is 0 Å². The fourth-order valence-electron chi connectivity index (χ4n) is 4.93. The van der Waals surface area contributed by atoms with Crippen molar-refractivity contribution in [3.63, 3.8) is 0 Å². The van der Waals surface area contributed by atoms with Crippen molar-refractivity contribution in [1.82, 2.24) is 0 Å². The summed E-state index contributed by atoms with van der Waals surface area (Å²) < 4.78 is 32.5. The monoisotopic (exact) mass is 755 g/mol. The van der Waals surface area contributed by atoms with E-state index in [0.717, 1.165) is 57.8 Å². The lowest BCUT2D eigenvalue weighted by molar-refractivity contribution is -0.161. The average Bonchev–Trinajstić information content (AvgIpc) is 3.12. The Morgan fingerprint density at radius 1 is 0.596 bits per heavy atom. The fraction of sp³-hybridized carbons (Fsp3) is 0.725. The molecule has 4 N–H and O–H groups in total. The highest BCUT2D eigenvalue weighted by molar-refractivity contribution is 7.47. The molecule has 0 rings (SSSR count). The molecule has 52 heavy (non-hydrogen) atoms. The molecular formula is C40H70NO10P. The average molecular weight is 756 g/mol. The first kappa shape index (κ1) is 49.4. The number of hydrogen-bond acceptors (Lipinski definition) is 9. The predicted octanol–water partition coefficient (Wildman–Crippen LogP) is 9.83. The van der Waals surface area contributed by atoms with E-state index in [1.54, 1.807) is 0 Å². The van der Waals surface area contributed by atoms with Gasteiger partial charge < -0.3 is 25.2 Å². The third kappa shape index (κ3) is 34.5. The summed E-state index contributed by atoms with van der Waals surface area (Å²) in [6, 6.07) is -1.52. The van der Waals surface area contributed by atoms with Gasteiger partial charge in [0, 0.05) is 12.8 Å². The number of unbranched alkanes of at least 4 members (excludes halogenated alkanes) is 14. The Balaban J connectivity index is 4.42. The third-order valence-electron chi connectivity index (χ3n) is 8.08. The largest absolute Gasteiger partial charge is 0.480 e. The van der Waals surface area contributed by atoms with Gasteiger partial charge in [0.2, 0.25) is 0 Å². The Hall–Kier alpha value is -2.56. The van der Waals surface area contributed by atoms with Gasteiger partial charge in [0.15, 0.2) is 6.10 Å². The number of carboxylic acids is 1. The molecule has 0 fully saturated rings. The molecule has 0 aliphatic carbocycles. The van der Waals surface area contributed by atoms with Crippen LogP contribution >= 0.6 is 7.82 Å². The van der Waals surface area contributed by atoms with Crippen molar-refractivity contribution in [1.29, 1.82) is 0 Å². The summed E-state index contributed by atoms with van der Waals surface area (Å²) in [5.74, 6) is -2.43. The quantitative estimate of drug-likeness (QED) is 0.0241. The van der Waals surface area contributed by atoms with Gasteiger partial charge >= 0.3 is 25.7 Å². The highest BCUT2D eigenvalue weighted by Crippen LogP contribution is 2.43. The molecule has 0 aromatic heterocycles. The van der Waals surface area contributed by atoms with E-state index in [-0.39, 0.29) is 19.4 Å². The van der Waals surface area contributed by atoms with Gasteiger partial charge in [-0.2, -0.15) is 0 Å². The minimum atomic E-state index is -4.71. The minimum Gasteiger partial charge on any atom is -0.480 e. The summed E-state index contributed by atoms with van der Waals surface area (Å²) >= 11 is 0. The molecule has 0 aromatic carbocycles. The van der Waals surface area contributed by atoms with Gasteiger partial charge in [0.05, 0.1) is 13.2 Å². The molecule has 0 bridgehead atoms. The SMILES string of the molecule is CCCCC/C=C\C/C=C\C/C=C\C/C=C\CCCCCC(=O)OC[C@H](COP(=O)(O)OC[C@H](N)C(=O)O)OC(=O)CCCCCCCCCCC. The van der Waals surface area contributed by atoms with E-state index < -0.39 is 51.1 Å². The molecule has 0 aromatic rings. The second-order valence-electron chi connectivity index (χ2n) is 13.1. The molecule has 12 heteroatoms. The topological polar surface area (TPSA) is 172 Å². The Bertz CT molecular complexity index is 1070. The zero-order chi connectivity index (χ0) is 38.5. The Labute approximate surface area is 314 Å². The highest BCUT2D eigenvalue weighted by atomic mass is 31.2. The van der Waals surface area contributed by atoms with Crippen molar-refractivity contribution in [2.45, 2.75) is 167 Å². The minimum absolute atomic E-state index is 0.153. The first-order valence-electron chi connectivity index (χ1n) is 19.7. The lowest BCUT2D eigenvalue weighted by atomic mass is 10.1. The lowest BCUT2D eigenvalue weighted by Gasteiger charge is -2.20. The number of carbonyl (C=O) groups excluding carboxylic acids is 2. The number of allylic oxidation sites excluding steroid dienone is 8. The number of aliphatic carboxylic acids is 1. The Morgan fingerprint density at radius 2 is 1.02 bits per heavy atom. The van der Waals surface area contributed by atoms with Crippen LogP contribution in [0.15, 0.2) is 48.6 Å². The number of hydrogen-bond donors (Lipinski definition) is 3. The summed E-state index contributed by atoms with van der Waals surface area (Å²) in [6.45, 7) is 2.69. The molecule has 0 aliphatic rings. The maximum absolute atomic E-state index is 12.5. The van der Waals surface area contributed by atoms with Crippen LogP contribution in [-0.2, 0) is 37.5 Å². The van der Waals surface area contributed by atoms with Crippen molar-refractivity contribution in [3.05, 3.63) is 48.6 Å². The van der Waals surface area contributed by atoms with E-state index in [0.29, 0.717) is 12.8 Å². The van der Waals surface area contributed by atoms with Crippen LogP contribution in [-0.4, -0.2) is 59.9 Å². The van der Waals surface area contributed by atoms with E-state index in [9.17, 15) is 23.8 Å². The van der Waals surface area contributed by atoms with Gasteiger partial charge in [0.1, 0.15) is 12.6 Å². The van der Waals surface area contributed by atoms with E-state index in [1.807, 2.05) is 0 Å². The molecule has 0 radical (unpaired) electrons. The number of esters is 2. The number of ether oxygens (including phenoxy) is 2. The summed E-state index contributed by atoms with van der Waals surface area (Å²) in [7, 11) is -4.71. The lowest BCUT2D eigenvalue weighted by Crippen LogP contribution is -2.34. The number of phosphoric acid groups is 1. The van der Waals surface area contributed by atoms with Crippen LogP contribution < -0.4 is 5.73 Å². The summed E-state index contributed by atoms with van der Waals surface area (Å²) in [4.78, 5) is 45.7. The van der Waals surface area contributed by atoms with Gasteiger partial charge in [-0.05, 0) is 57.8 Å². The molecule has 1 unspecified atom stereocenters. The molecule has 0 spiro atoms. The van der Waals surface area contributed by atoms with Crippen LogP contribution in [0, 0.1) is 0 Å². The van der Waals surface area contributed by atoms with E-state index in [2.05, 4.69) is 67.0 Å². The molecule has 0 amide bonds. The van der Waals surface area contributed by atoms with Gasteiger partial charge in [-0.15, -0.1) is 0 Å². The van der Waals surface area contributed by atoms with E-state index in [1.165, 1.54) is 57.8 Å². The van der Waals surface area contributed by atoms with Crippen LogP contribution in [0.4, 0.5) is 0 Å². The van der Waals surface area contributed by atoms with Crippen molar-refractivity contribution in [2.24, 2.45) is 5.73 Å². The first-order valence-corrected chi connectivity index (χ1v) is 21.2. The molecule has 11 nitrogen and oxygen atoms in total. The van der Waals surface area contributed by atoms with Crippen molar-refractivity contribution in [2.75, 3.05) is 19.8 Å². The van der Waals surface area contributed by atoms with Crippen molar-refractivity contribution >= 4 is 25.7 Å². The van der Waals surface area contributed by atoms with E-state index in [4.69, 9.17) is 24.8 Å². The normalized spacial score (nSPS) is 14.4. The molecule has 0 saturated carbocycles. The number of carboxylic acid groups (broad SMARTS) is 1. The number of nitrogens with two attached hydrogens (primary N) is 1. The molecule has 0 heterocycles. The standard InChI is InChI=1S/C40H70NO10P/c1-3-5-7-9-11-13-14-15-16-17-18-19-20-21-22-24-25-27-29-31-38(42)48-33-36(34-49-52(46,47)50-35-37(41)40(44)45)51-39(43)32-30-28-26-23-12-10-8-6-4-2/h11,13,15-16,18-19,21-22,36-37H,3-10,12,14,17,20,23-35,41H2,1-2H3,(H,44,45)(H,46,47)/b13-11-,16-15-,19-18-,22-21-/t36-,37+/m1/s1. The predicted molar refractivity (Wildman–Crippen MR) is 208 cm³/mol. The van der Waals surface area contributed by atoms with Gasteiger partial charge in [-0.3, -0.25) is 23.4 Å². The first-order chi connectivity index (χ1) is 25.1. The highest BCUT2D eigenvalue weighted by Gasteiger charge is 2.28. The number of carbonyl (C=O) groups is 3. The van der Waals surface area contributed by atoms with Crippen LogP contribution in [0.3, 0.4) is 0 Å². The summed E-state index contributed by atoms with van der Waals surface area (Å²) in [5.41, 5.74) is 5.31. The van der Waals surface area contributed by atoms with Crippen LogP contribution in [0.25, 0.3) is 0 Å². The zero-order valence-electron chi connectivity index (χ0n) is 32.1. The smallest absolute Gasteiger partial charge is 0.472 e. The molecular weight excluding hydrogens is 685 g/mol.